The Morgan fingerprint density at radius 3 is 2.42 bits per heavy atom. The number of benzene rings is 1. The van der Waals surface area contributed by atoms with Crippen molar-refractivity contribution >= 4 is 38.3 Å². The van der Waals surface area contributed by atoms with Crippen molar-refractivity contribution in [2.24, 2.45) is 0 Å². The fourth-order valence-electron chi connectivity index (χ4n) is 4.89. The molecule has 2 fully saturated rings. The first-order valence-corrected chi connectivity index (χ1v) is 12.5. The van der Waals surface area contributed by atoms with Crippen LogP contribution >= 0.6 is 11.3 Å². The van der Waals surface area contributed by atoms with Crippen molar-refractivity contribution in [2.75, 3.05) is 36.0 Å². The van der Waals surface area contributed by atoms with E-state index in [1.54, 1.807) is 4.90 Å². The molecule has 0 N–H and O–H groups in total. The van der Waals surface area contributed by atoms with E-state index in [2.05, 4.69) is 15.1 Å². The molecule has 2 aromatic heterocycles. The largest absolute Gasteiger partial charge is 0.416 e. The fourth-order valence-corrected chi connectivity index (χ4v) is 6.09. The third-order valence-corrected chi connectivity index (χ3v) is 7.99. The number of nitro benzene ring substituents is 1. The Bertz CT molecular complexity index is 1360. The van der Waals surface area contributed by atoms with Crippen LogP contribution in [0.5, 0.6) is 0 Å². The maximum atomic E-state index is 13.4. The molecule has 36 heavy (non-hydrogen) atoms. The Labute approximate surface area is 206 Å². The molecule has 0 radical (unpaired) electrons. The number of nitro groups is 1. The molecule has 0 amide bonds. The summed E-state index contributed by atoms with van der Waals surface area (Å²) < 4.78 is 45.7. The van der Waals surface area contributed by atoms with E-state index in [-0.39, 0.29) is 9.83 Å². The van der Waals surface area contributed by atoms with Gasteiger partial charge in [0.05, 0.1) is 15.9 Å². The molecule has 1 aliphatic heterocycles. The smallest absolute Gasteiger partial charge is 0.344 e. The van der Waals surface area contributed by atoms with Crippen LogP contribution in [0.4, 0.5) is 30.0 Å². The van der Waals surface area contributed by atoms with Crippen molar-refractivity contribution in [1.29, 1.82) is 0 Å². The lowest BCUT2D eigenvalue weighted by molar-refractivity contribution is -0.383. The molecule has 192 valence electrons. The highest BCUT2D eigenvalue weighted by Gasteiger charge is 2.38. The molecule has 0 bridgehead atoms. The normalized spacial score (nSPS) is 17.7. The van der Waals surface area contributed by atoms with Crippen molar-refractivity contribution in [3.05, 3.63) is 43.5 Å². The zero-order chi connectivity index (χ0) is 25.6. The average Bonchev–Trinajstić information content (AvgIpc) is 3.34. The molecular formula is C22H23F3N6O4S. The van der Waals surface area contributed by atoms with Gasteiger partial charge in [-0.25, -0.2) is 0 Å². The third-order valence-electron chi connectivity index (χ3n) is 6.84. The van der Waals surface area contributed by atoms with Crippen LogP contribution in [-0.4, -0.2) is 46.2 Å². The molecule has 1 saturated heterocycles. The first kappa shape index (κ1) is 24.4. The number of hydrogen-bond acceptors (Lipinski definition) is 10. The molecule has 0 spiro atoms. The maximum Gasteiger partial charge on any atom is 0.416 e. The van der Waals surface area contributed by atoms with Crippen LogP contribution in [-0.2, 0) is 6.18 Å². The highest BCUT2D eigenvalue weighted by atomic mass is 32.1. The highest BCUT2D eigenvalue weighted by molar-refractivity contribution is 7.22. The van der Waals surface area contributed by atoms with Gasteiger partial charge in [0.2, 0.25) is 0 Å². The van der Waals surface area contributed by atoms with E-state index in [9.17, 15) is 28.1 Å². The van der Waals surface area contributed by atoms with Gasteiger partial charge in [-0.3, -0.25) is 14.9 Å². The molecule has 10 nitrogen and oxygen atoms in total. The Hall–Kier alpha value is -3.29. The Morgan fingerprint density at radius 2 is 1.78 bits per heavy atom. The first-order valence-electron chi connectivity index (χ1n) is 11.7. The standard InChI is InChI=1S/C22H23F3N6O4S/c1-12-15(22(23,24)25)11-14-17(16(12)31(33)34)36-21(27-19(14)32)30-9-7-29(8-10-30)20-26-18(28-35-20)13-5-3-2-4-6-13/h11,13H,2-10H2,1H3. The van der Waals surface area contributed by atoms with Crippen LogP contribution < -0.4 is 15.4 Å². The molecule has 14 heteroatoms. The number of anilines is 2. The lowest BCUT2D eigenvalue weighted by Gasteiger charge is -2.33. The number of fused-ring (bicyclic) bond motifs is 1. The quantitative estimate of drug-likeness (QED) is 0.355. The van der Waals surface area contributed by atoms with Gasteiger partial charge >= 0.3 is 12.2 Å². The molecule has 0 atom stereocenters. The molecule has 1 aliphatic carbocycles. The van der Waals surface area contributed by atoms with Crippen LogP contribution in [0.25, 0.3) is 10.1 Å². The number of aromatic nitrogens is 3. The van der Waals surface area contributed by atoms with E-state index in [1.807, 2.05) is 4.90 Å². The van der Waals surface area contributed by atoms with Crippen LogP contribution in [0.3, 0.4) is 0 Å². The van der Waals surface area contributed by atoms with Gasteiger partial charge in [0.25, 0.3) is 11.2 Å². The predicted molar refractivity (Wildman–Crippen MR) is 127 cm³/mol. The summed E-state index contributed by atoms with van der Waals surface area (Å²) in [5.41, 5.74) is -3.38. The van der Waals surface area contributed by atoms with E-state index in [1.165, 1.54) is 6.42 Å². The Morgan fingerprint density at radius 1 is 1.11 bits per heavy atom. The van der Waals surface area contributed by atoms with Gasteiger partial charge in [-0.15, -0.1) is 0 Å². The Balaban J connectivity index is 1.39. The topological polar surface area (TPSA) is 119 Å². The number of halogens is 3. The van der Waals surface area contributed by atoms with Gasteiger partial charge in [-0.05, 0) is 25.8 Å². The summed E-state index contributed by atoms with van der Waals surface area (Å²) in [6, 6.07) is 1.09. The number of hydrogen-bond donors (Lipinski definition) is 0. The molecule has 1 saturated carbocycles. The van der Waals surface area contributed by atoms with Crippen LogP contribution in [0.1, 0.15) is 55.0 Å². The highest BCUT2D eigenvalue weighted by Crippen LogP contribution is 2.42. The maximum absolute atomic E-state index is 13.4. The third kappa shape index (κ3) is 4.49. The summed E-state index contributed by atoms with van der Waals surface area (Å²) in [5, 5.41) is 15.7. The summed E-state index contributed by atoms with van der Waals surface area (Å²) >= 11 is 0.852. The van der Waals surface area contributed by atoms with Gasteiger partial charge in [0.15, 0.2) is 11.0 Å². The summed E-state index contributed by atoms with van der Waals surface area (Å²) in [6.07, 6.45) is 0.809. The lowest BCUT2D eigenvalue weighted by atomic mass is 9.89. The van der Waals surface area contributed by atoms with E-state index in [4.69, 9.17) is 4.52 Å². The van der Waals surface area contributed by atoms with Gasteiger partial charge in [0.1, 0.15) is 4.70 Å². The van der Waals surface area contributed by atoms with Crippen LogP contribution in [0.2, 0.25) is 0 Å². The van der Waals surface area contributed by atoms with Crippen molar-refractivity contribution in [1.82, 2.24) is 15.1 Å². The van der Waals surface area contributed by atoms with Crippen molar-refractivity contribution < 1.29 is 22.6 Å². The average molecular weight is 525 g/mol. The van der Waals surface area contributed by atoms with E-state index < -0.39 is 38.9 Å². The molecule has 3 aromatic rings. The number of alkyl halides is 3. The number of nitrogens with zero attached hydrogens (tertiary/aromatic N) is 6. The summed E-state index contributed by atoms with van der Waals surface area (Å²) in [7, 11) is 0. The molecular weight excluding hydrogens is 501 g/mol. The predicted octanol–water partition coefficient (Wildman–Crippen LogP) is 4.65. The van der Waals surface area contributed by atoms with Crippen LogP contribution in [0, 0.1) is 17.0 Å². The van der Waals surface area contributed by atoms with Gasteiger partial charge in [-0.2, -0.15) is 23.1 Å². The van der Waals surface area contributed by atoms with E-state index >= 15 is 0 Å². The van der Waals surface area contributed by atoms with E-state index in [0.717, 1.165) is 49.8 Å². The minimum atomic E-state index is -4.83. The minimum absolute atomic E-state index is 0.114. The first-order chi connectivity index (χ1) is 17.1. The van der Waals surface area contributed by atoms with Gasteiger partial charge < -0.3 is 14.3 Å². The van der Waals surface area contributed by atoms with E-state index in [0.29, 0.717) is 44.2 Å². The van der Waals surface area contributed by atoms with Gasteiger partial charge in [-0.1, -0.05) is 35.8 Å². The zero-order valence-electron chi connectivity index (χ0n) is 19.4. The van der Waals surface area contributed by atoms with Gasteiger partial charge in [0, 0.05) is 37.7 Å². The summed E-state index contributed by atoms with van der Waals surface area (Å²) in [4.78, 5) is 35.8. The second-order valence-electron chi connectivity index (χ2n) is 9.08. The molecule has 5 rings (SSSR count). The second kappa shape index (κ2) is 9.30. The molecule has 2 aliphatic rings. The summed E-state index contributed by atoms with van der Waals surface area (Å²) in [6.45, 7) is 2.86. The molecule has 1 aromatic carbocycles. The second-order valence-corrected chi connectivity index (χ2v) is 10.1. The number of piperazine rings is 1. The number of rotatable bonds is 4. The molecule has 0 unspecified atom stereocenters. The monoisotopic (exact) mass is 524 g/mol. The van der Waals surface area contributed by atoms with Crippen molar-refractivity contribution in [3.63, 3.8) is 0 Å². The van der Waals surface area contributed by atoms with Crippen molar-refractivity contribution in [3.8, 4) is 0 Å². The van der Waals surface area contributed by atoms with Crippen LogP contribution in [0.15, 0.2) is 15.4 Å². The molecule has 3 heterocycles. The fraction of sp³-hybridized carbons (Fsp3) is 0.545. The zero-order valence-corrected chi connectivity index (χ0v) is 20.2. The SMILES string of the molecule is Cc1c(C(F)(F)F)cc2c(=O)nc(N3CCN(c4nc(C5CCCCC5)no4)CC3)sc2c1[N+](=O)[O-]. The summed E-state index contributed by atoms with van der Waals surface area (Å²) in [5.74, 6) is 1.04. The lowest BCUT2D eigenvalue weighted by Crippen LogP contribution is -2.47. The van der Waals surface area contributed by atoms with Crippen molar-refractivity contribution in [2.45, 2.75) is 51.1 Å². The minimum Gasteiger partial charge on any atom is -0.344 e. The Kier molecular flexibility index (Phi) is 6.30.